The summed E-state index contributed by atoms with van der Waals surface area (Å²) >= 11 is 0. The normalized spacial score (nSPS) is 13.2. The lowest BCUT2D eigenvalue weighted by Gasteiger charge is -2.08. The number of nitro benzene ring substituents is 1. The minimum Gasteiger partial charge on any atom is -0.493 e. The Bertz CT molecular complexity index is 1310. The predicted octanol–water partition coefficient (Wildman–Crippen LogP) is 4.49. The fraction of sp³-hybridized carbons (Fsp3) is 0.120. The molecule has 0 amide bonds. The molecular weight excluding hydrogens is 442 g/mol. The number of benzene rings is 3. The van der Waals surface area contributed by atoms with E-state index in [0.29, 0.717) is 39.7 Å². The van der Waals surface area contributed by atoms with Crippen molar-refractivity contribution >= 4 is 23.3 Å². The Kier molecular flexibility index (Phi) is 6.26. The number of methoxy groups -OCH3 is 2. The molecule has 34 heavy (non-hydrogen) atoms. The van der Waals surface area contributed by atoms with E-state index in [-0.39, 0.29) is 29.6 Å². The number of non-ortho nitro benzene ring substituents is 1. The van der Waals surface area contributed by atoms with Crippen LogP contribution in [0.3, 0.4) is 0 Å². The molecule has 0 fully saturated rings. The first-order valence-corrected chi connectivity index (χ1v) is 10.1. The number of hydrogen-bond acceptors (Lipinski definition) is 8. The highest BCUT2D eigenvalue weighted by Crippen LogP contribution is 2.36. The van der Waals surface area contributed by atoms with Crippen molar-refractivity contribution in [1.29, 1.82) is 0 Å². The quantitative estimate of drug-likeness (QED) is 0.209. The second kappa shape index (κ2) is 9.45. The van der Waals surface area contributed by atoms with Crippen LogP contribution in [0.4, 0.5) is 5.69 Å². The zero-order chi connectivity index (χ0) is 24.2. The third-order valence-electron chi connectivity index (χ3n) is 5.12. The third-order valence-corrected chi connectivity index (χ3v) is 5.12. The van der Waals surface area contributed by atoms with E-state index in [1.807, 2.05) is 0 Å². The number of nitro groups is 1. The first kappa shape index (κ1) is 22.5. The molecule has 3 aromatic carbocycles. The molecule has 0 atom stereocenters. The topological polar surface area (TPSA) is 114 Å². The Hall–Kier alpha value is -4.66. The van der Waals surface area contributed by atoms with Crippen molar-refractivity contribution in [2.24, 2.45) is 0 Å². The van der Waals surface area contributed by atoms with Gasteiger partial charge in [0.1, 0.15) is 11.5 Å². The van der Waals surface area contributed by atoms with E-state index in [0.717, 1.165) is 0 Å². The van der Waals surface area contributed by atoms with Gasteiger partial charge >= 0.3 is 0 Å². The van der Waals surface area contributed by atoms with Crippen LogP contribution in [0.2, 0.25) is 0 Å². The molecule has 1 aliphatic heterocycles. The van der Waals surface area contributed by atoms with E-state index in [2.05, 4.69) is 0 Å². The standard InChI is InChI=1S/C25H19NO8/c1-31-21-10-3-15(11-23(21)32-2)12-24-25(28)19-9-8-18(13-22(19)34-24)33-14-20(27)16-4-6-17(7-5-16)26(29)30/h3-13H,14H2,1-2H3/b24-12-. The Labute approximate surface area is 194 Å². The number of fused-ring (bicyclic) bond motifs is 1. The van der Waals surface area contributed by atoms with Gasteiger partial charge in [0.2, 0.25) is 5.78 Å². The van der Waals surface area contributed by atoms with Crippen LogP contribution in [0, 0.1) is 10.1 Å². The molecule has 0 aromatic heterocycles. The highest BCUT2D eigenvalue weighted by molar-refractivity contribution is 6.14. The lowest BCUT2D eigenvalue weighted by atomic mass is 10.1. The minimum absolute atomic E-state index is 0.102. The molecule has 0 saturated carbocycles. The van der Waals surface area contributed by atoms with Gasteiger partial charge in [-0.05, 0) is 48.0 Å². The summed E-state index contributed by atoms with van der Waals surface area (Å²) in [5.74, 6) is 1.26. The summed E-state index contributed by atoms with van der Waals surface area (Å²) in [7, 11) is 3.06. The number of carbonyl (C=O) groups excluding carboxylic acids is 2. The predicted molar refractivity (Wildman–Crippen MR) is 122 cm³/mol. The van der Waals surface area contributed by atoms with Gasteiger partial charge in [-0.25, -0.2) is 0 Å². The Morgan fingerprint density at radius 3 is 2.41 bits per heavy atom. The Morgan fingerprint density at radius 1 is 1.00 bits per heavy atom. The minimum atomic E-state index is -0.537. The zero-order valence-electron chi connectivity index (χ0n) is 18.3. The van der Waals surface area contributed by atoms with E-state index in [9.17, 15) is 19.7 Å². The van der Waals surface area contributed by atoms with E-state index in [4.69, 9.17) is 18.9 Å². The number of carbonyl (C=O) groups is 2. The van der Waals surface area contributed by atoms with Crippen molar-refractivity contribution < 1.29 is 33.5 Å². The molecule has 0 bridgehead atoms. The lowest BCUT2D eigenvalue weighted by Crippen LogP contribution is -2.11. The van der Waals surface area contributed by atoms with Crippen molar-refractivity contribution in [1.82, 2.24) is 0 Å². The molecule has 0 N–H and O–H groups in total. The van der Waals surface area contributed by atoms with Gasteiger partial charge in [-0.1, -0.05) is 6.07 Å². The molecule has 1 aliphatic rings. The average Bonchev–Trinajstić information content (AvgIpc) is 3.16. The van der Waals surface area contributed by atoms with Crippen molar-refractivity contribution in [3.8, 4) is 23.0 Å². The molecule has 0 spiro atoms. The number of ketones is 2. The summed E-state index contributed by atoms with van der Waals surface area (Å²) < 4.78 is 21.8. The monoisotopic (exact) mass is 461 g/mol. The van der Waals surface area contributed by atoms with Crippen LogP contribution in [0.5, 0.6) is 23.0 Å². The first-order valence-electron chi connectivity index (χ1n) is 10.1. The first-order chi connectivity index (χ1) is 16.4. The van der Waals surface area contributed by atoms with Crippen LogP contribution in [-0.4, -0.2) is 37.3 Å². The summed E-state index contributed by atoms with van der Waals surface area (Å²) in [5.41, 5.74) is 1.26. The van der Waals surface area contributed by atoms with Gasteiger partial charge in [-0.15, -0.1) is 0 Å². The summed E-state index contributed by atoms with van der Waals surface area (Å²) in [6.45, 7) is -0.279. The molecule has 4 rings (SSSR count). The highest BCUT2D eigenvalue weighted by atomic mass is 16.6. The van der Waals surface area contributed by atoms with Crippen LogP contribution in [0.15, 0.2) is 66.4 Å². The maximum atomic E-state index is 12.7. The van der Waals surface area contributed by atoms with Gasteiger partial charge in [-0.2, -0.15) is 0 Å². The Balaban J connectivity index is 1.45. The largest absolute Gasteiger partial charge is 0.493 e. The summed E-state index contributed by atoms with van der Waals surface area (Å²) in [5, 5.41) is 10.7. The van der Waals surface area contributed by atoms with Crippen LogP contribution in [0.25, 0.3) is 6.08 Å². The van der Waals surface area contributed by atoms with Crippen molar-refractivity contribution in [2.45, 2.75) is 0 Å². The number of nitrogens with zero attached hydrogens (tertiary/aromatic N) is 1. The molecule has 9 nitrogen and oxygen atoms in total. The average molecular weight is 461 g/mol. The highest BCUT2D eigenvalue weighted by Gasteiger charge is 2.28. The maximum absolute atomic E-state index is 12.7. The number of rotatable bonds is 8. The van der Waals surface area contributed by atoms with Crippen molar-refractivity contribution in [3.05, 3.63) is 93.2 Å². The fourth-order valence-corrected chi connectivity index (χ4v) is 3.35. The molecule has 0 saturated heterocycles. The lowest BCUT2D eigenvalue weighted by molar-refractivity contribution is -0.384. The zero-order valence-corrected chi connectivity index (χ0v) is 18.3. The van der Waals surface area contributed by atoms with Crippen LogP contribution in [0.1, 0.15) is 26.3 Å². The van der Waals surface area contributed by atoms with E-state index in [1.54, 1.807) is 36.4 Å². The summed E-state index contributed by atoms with van der Waals surface area (Å²) in [6, 6.07) is 15.2. The van der Waals surface area contributed by atoms with Crippen LogP contribution in [-0.2, 0) is 0 Å². The molecule has 3 aromatic rings. The molecule has 0 unspecified atom stereocenters. The van der Waals surface area contributed by atoms with Gasteiger partial charge in [0.05, 0.1) is 24.7 Å². The molecule has 172 valence electrons. The van der Waals surface area contributed by atoms with Crippen molar-refractivity contribution in [3.63, 3.8) is 0 Å². The summed E-state index contributed by atoms with van der Waals surface area (Å²) in [4.78, 5) is 35.3. The number of hydrogen-bond donors (Lipinski definition) is 0. The van der Waals surface area contributed by atoms with E-state index < -0.39 is 4.92 Å². The second-order valence-corrected chi connectivity index (χ2v) is 7.23. The molecule has 1 heterocycles. The SMILES string of the molecule is COc1ccc(/C=C2\Oc3cc(OCC(=O)c4ccc([N+](=O)[O-])cc4)ccc3C2=O)cc1OC. The van der Waals surface area contributed by atoms with E-state index in [1.165, 1.54) is 44.6 Å². The van der Waals surface area contributed by atoms with Crippen molar-refractivity contribution in [2.75, 3.05) is 20.8 Å². The van der Waals surface area contributed by atoms with Gasteiger partial charge < -0.3 is 18.9 Å². The molecule has 9 heteroatoms. The second-order valence-electron chi connectivity index (χ2n) is 7.23. The van der Waals surface area contributed by atoms with Gasteiger partial charge in [-0.3, -0.25) is 19.7 Å². The smallest absolute Gasteiger partial charge is 0.269 e. The number of Topliss-reactive ketones (excluding diaryl/α,β-unsaturated/α-hetero) is 2. The fourth-order valence-electron chi connectivity index (χ4n) is 3.35. The maximum Gasteiger partial charge on any atom is 0.269 e. The van der Waals surface area contributed by atoms with Crippen LogP contribution >= 0.6 is 0 Å². The molecule has 0 aliphatic carbocycles. The van der Waals surface area contributed by atoms with E-state index >= 15 is 0 Å². The van der Waals surface area contributed by atoms with Crippen LogP contribution < -0.4 is 18.9 Å². The van der Waals surface area contributed by atoms with Gasteiger partial charge in [0.25, 0.3) is 5.69 Å². The van der Waals surface area contributed by atoms with Gasteiger partial charge in [0, 0.05) is 23.8 Å². The molecule has 0 radical (unpaired) electrons. The number of ether oxygens (including phenoxy) is 4. The summed E-state index contributed by atoms with van der Waals surface area (Å²) in [6.07, 6.45) is 1.60. The van der Waals surface area contributed by atoms with Gasteiger partial charge in [0.15, 0.2) is 29.6 Å². The third kappa shape index (κ3) is 4.58. The number of allylic oxidation sites excluding steroid dienone is 1. The Morgan fingerprint density at radius 2 is 1.74 bits per heavy atom. The molecular formula is C25H19NO8.